The molecule has 1 aliphatic carbocycles. The Labute approximate surface area is 217 Å². The first-order valence-corrected chi connectivity index (χ1v) is 12.3. The quantitative estimate of drug-likeness (QED) is 0.312. The van der Waals surface area contributed by atoms with Gasteiger partial charge in [-0.1, -0.05) is 55.5 Å². The Morgan fingerprint density at radius 3 is 2.17 bits per heavy atom. The highest BCUT2D eigenvalue weighted by Crippen LogP contribution is 2.44. The molecule has 8 heteroatoms. The summed E-state index contributed by atoms with van der Waals surface area (Å²) in [5.74, 6) is -1.64. The van der Waals surface area contributed by atoms with Gasteiger partial charge in [0.15, 0.2) is 0 Å². The third kappa shape index (κ3) is 5.17. The van der Waals surface area contributed by atoms with Crippen LogP contribution in [0.3, 0.4) is 0 Å². The van der Waals surface area contributed by atoms with Crippen molar-refractivity contribution in [1.29, 1.82) is 0 Å². The summed E-state index contributed by atoms with van der Waals surface area (Å²) in [6.45, 7) is 3.52. The molecule has 0 bridgehead atoms. The lowest BCUT2D eigenvalue weighted by Crippen LogP contribution is -2.54. The molecule has 0 saturated carbocycles. The number of amides is 2. The van der Waals surface area contributed by atoms with Crippen LogP contribution in [0.5, 0.6) is 0 Å². The molecule has 2 amide bonds. The van der Waals surface area contributed by atoms with Crippen molar-refractivity contribution in [3.63, 3.8) is 0 Å². The number of carbonyl (C=O) groups excluding carboxylic acids is 2. The normalized spacial score (nSPS) is 13.8. The van der Waals surface area contributed by atoms with E-state index in [1.807, 2.05) is 59.0 Å². The summed E-state index contributed by atoms with van der Waals surface area (Å²) in [5, 5.41) is 14.7. The van der Waals surface area contributed by atoms with Gasteiger partial charge < -0.3 is 20.5 Å². The van der Waals surface area contributed by atoms with E-state index in [1.54, 1.807) is 19.9 Å². The van der Waals surface area contributed by atoms with E-state index in [4.69, 9.17) is 4.74 Å². The van der Waals surface area contributed by atoms with Crippen LogP contribution in [-0.2, 0) is 9.53 Å². The first-order valence-electron chi connectivity index (χ1n) is 11.2. The van der Waals surface area contributed by atoms with Crippen molar-refractivity contribution in [2.24, 2.45) is 0 Å². The number of anilines is 1. The fourth-order valence-corrected chi connectivity index (χ4v) is 4.89. The number of hydrogen-bond acceptors (Lipinski definition) is 4. The molecule has 1 atom stereocenters. The van der Waals surface area contributed by atoms with E-state index in [2.05, 4.69) is 22.8 Å². The van der Waals surface area contributed by atoms with Crippen molar-refractivity contribution in [1.82, 2.24) is 5.32 Å². The van der Waals surface area contributed by atoms with Gasteiger partial charge in [0.2, 0.25) is 5.91 Å². The molecule has 0 aliphatic heterocycles. The number of carboxylic acids is 1. The maximum atomic E-state index is 13.0. The van der Waals surface area contributed by atoms with E-state index >= 15 is 0 Å². The van der Waals surface area contributed by atoms with Crippen LogP contribution in [0.2, 0.25) is 0 Å². The summed E-state index contributed by atoms with van der Waals surface area (Å²) in [6.07, 6.45) is -0.390. The van der Waals surface area contributed by atoms with Gasteiger partial charge in [-0.15, -0.1) is 0 Å². The highest BCUT2D eigenvalue weighted by atomic mass is 127. The Morgan fingerprint density at radius 2 is 1.60 bits per heavy atom. The van der Waals surface area contributed by atoms with Crippen LogP contribution in [0.25, 0.3) is 11.1 Å². The molecule has 0 saturated heterocycles. The molecular weight excluding hydrogens is 559 g/mol. The van der Waals surface area contributed by atoms with Gasteiger partial charge in [0, 0.05) is 15.2 Å². The third-order valence-corrected chi connectivity index (χ3v) is 6.96. The molecule has 0 radical (unpaired) electrons. The van der Waals surface area contributed by atoms with E-state index in [9.17, 15) is 19.5 Å². The Kier molecular flexibility index (Phi) is 7.11. The second-order valence-electron chi connectivity index (χ2n) is 8.62. The molecule has 1 unspecified atom stereocenters. The van der Waals surface area contributed by atoms with Crippen molar-refractivity contribution in [2.45, 2.75) is 31.7 Å². The first-order chi connectivity index (χ1) is 16.7. The van der Waals surface area contributed by atoms with Gasteiger partial charge in [-0.3, -0.25) is 4.79 Å². The molecule has 35 heavy (non-hydrogen) atoms. The predicted molar refractivity (Wildman–Crippen MR) is 142 cm³/mol. The zero-order valence-corrected chi connectivity index (χ0v) is 21.5. The van der Waals surface area contributed by atoms with E-state index < -0.39 is 23.5 Å². The van der Waals surface area contributed by atoms with Crippen molar-refractivity contribution in [2.75, 3.05) is 11.9 Å². The van der Waals surface area contributed by atoms with E-state index in [0.29, 0.717) is 15.7 Å². The molecular formula is C27H25IN2O5. The second-order valence-corrected chi connectivity index (χ2v) is 9.87. The monoisotopic (exact) mass is 584 g/mol. The smallest absolute Gasteiger partial charge is 0.408 e. The number of hydrogen-bond donors (Lipinski definition) is 3. The highest BCUT2D eigenvalue weighted by molar-refractivity contribution is 14.1. The number of aromatic carboxylic acids is 1. The van der Waals surface area contributed by atoms with Gasteiger partial charge in [0.25, 0.3) is 0 Å². The van der Waals surface area contributed by atoms with Crippen LogP contribution in [-0.4, -0.2) is 35.2 Å². The lowest BCUT2D eigenvalue weighted by Gasteiger charge is -2.28. The topological polar surface area (TPSA) is 105 Å². The number of fused-ring (bicyclic) bond motifs is 3. The van der Waals surface area contributed by atoms with Gasteiger partial charge in [-0.2, -0.15) is 0 Å². The van der Waals surface area contributed by atoms with E-state index in [-0.39, 0.29) is 18.1 Å². The Balaban J connectivity index is 1.44. The highest BCUT2D eigenvalue weighted by Gasteiger charge is 2.35. The molecule has 3 aromatic carbocycles. The van der Waals surface area contributed by atoms with Crippen LogP contribution in [0.4, 0.5) is 10.5 Å². The number of halogens is 1. The third-order valence-electron chi connectivity index (χ3n) is 6.33. The first kappa shape index (κ1) is 24.7. The minimum absolute atomic E-state index is 0.0647. The molecule has 1 aliphatic rings. The zero-order valence-electron chi connectivity index (χ0n) is 19.3. The molecule has 3 aromatic rings. The molecule has 0 spiro atoms. The summed E-state index contributed by atoms with van der Waals surface area (Å²) < 4.78 is 6.27. The number of rotatable bonds is 7. The van der Waals surface area contributed by atoms with Crippen molar-refractivity contribution < 1.29 is 24.2 Å². The second kappa shape index (κ2) is 10.1. The molecule has 7 nitrogen and oxygen atoms in total. The van der Waals surface area contributed by atoms with Crippen molar-refractivity contribution >= 4 is 46.2 Å². The summed E-state index contributed by atoms with van der Waals surface area (Å²) >= 11 is 1.99. The molecule has 180 valence electrons. The minimum atomic E-state index is -1.26. The van der Waals surface area contributed by atoms with E-state index in [1.165, 1.54) is 12.1 Å². The summed E-state index contributed by atoms with van der Waals surface area (Å²) in [7, 11) is 0. The average molecular weight is 584 g/mol. The molecule has 4 rings (SSSR count). The van der Waals surface area contributed by atoms with Crippen molar-refractivity contribution in [3.05, 3.63) is 87.0 Å². The van der Waals surface area contributed by atoms with E-state index in [0.717, 1.165) is 22.3 Å². The van der Waals surface area contributed by atoms with Crippen LogP contribution < -0.4 is 10.6 Å². The molecule has 0 heterocycles. The molecule has 3 N–H and O–H groups in total. The number of benzene rings is 3. The SMILES string of the molecule is CCC(C)(NC(=O)OCC1c2ccccc2-c2ccccc21)C(=O)Nc1cc(I)cc(C(=O)O)c1. The Hall–Kier alpha value is -3.40. The molecule has 0 fully saturated rings. The lowest BCUT2D eigenvalue weighted by atomic mass is 9.97. The Morgan fingerprint density at radius 1 is 1.00 bits per heavy atom. The fourth-order valence-electron chi connectivity index (χ4n) is 4.22. The van der Waals surface area contributed by atoms with Crippen LogP contribution in [0.15, 0.2) is 66.7 Å². The number of ether oxygens (including phenoxy) is 1. The van der Waals surface area contributed by atoms with Crippen LogP contribution in [0.1, 0.15) is 47.7 Å². The van der Waals surface area contributed by atoms with Gasteiger partial charge in [-0.25, -0.2) is 9.59 Å². The number of carboxylic acid groups (broad SMARTS) is 1. The predicted octanol–water partition coefficient (Wildman–Crippen LogP) is 5.64. The van der Waals surface area contributed by atoms with Gasteiger partial charge >= 0.3 is 12.1 Å². The number of alkyl carbamates (subject to hydrolysis) is 1. The average Bonchev–Trinajstić information content (AvgIpc) is 3.16. The minimum Gasteiger partial charge on any atom is -0.478 e. The standard InChI is InChI=1S/C27H25IN2O5/c1-3-27(2,25(33)29-18-13-16(24(31)32)12-17(28)14-18)30-26(34)35-15-23-21-10-6-4-8-19(21)20-9-5-7-11-22(20)23/h4-14,23H,3,15H2,1-2H3,(H,29,33)(H,30,34)(H,31,32). The number of carbonyl (C=O) groups is 3. The van der Waals surface area contributed by atoms with Gasteiger partial charge in [0.1, 0.15) is 12.1 Å². The zero-order chi connectivity index (χ0) is 25.2. The maximum Gasteiger partial charge on any atom is 0.408 e. The maximum absolute atomic E-state index is 13.0. The molecule has 0 aromatic heterocycles. The lowest BCUT2D eigenvalue weighted by molar-refractivity contribution is -0.121. The van der Waals surface area contributed by atoms with Crippen LogP contribution in [0, 0.1) is 3.57 Å². The summed E-state index contributed by atoms with van der Waals surface area (Å²) in [4.78, 5) is 37.1. The van der Waals surface area contributed by atoms with Gasteiger partial charge in [0.05, 0.1) is 5.56 Å². The van der Waals surface area contributed by atoms with Crippen LogP contribution >= 0.6 is 22.6 Å². The fraction of sp³-hybridized carbons (Fsp3) is 0.222. The summed E-state index contributed by atoms with van der Waals surface area (Å²) in [5.41, 5.74) is 3.62. The Bertz CT molecular complexity index is 1260. The largest absolute Gasteiger partial charge is 0.478 e. The van der Waals surface area contributed by atoms with Crippen molar-refractivity contribution in [3.8, 4) is 11.1 Å². The number of nitrogens with one attached hydrogen (secondary N) is 2. The summed E-state index contributed by atoms with van der Waals surface area (Å²) in [6, 6.07) is 20.7. The van der Waals surface area contributed by atoms with Gasteiger partial charge in [-0.05, 0) is 76.4 Å².